The van der Waals surface area contributed by atoms with Gasteiger partial charge < -0.3 is 15.1 Å². The second-order valence-corrected chi connectivity index (χ2v) is 8.73. The normalized spacial score (nSPS) is 13.2. The van der Waals surface area contributed by atoms with Gasteiger partial charge >= 0.3 is 0 Å². The minimum absolute atomic E-state index is 0.110. The fourth-order valence-electron chi connectivity index (χ4n) is 3.99. The summed E-state index contributed by atoms with van der Waals surface area (Å²) < 4.78 is 0. The van der Waals surface area contributed by atoms with E-state index < -0.39 is 23.6 Å². The van der Waals surface area contributed by atoms with Crippen LogP contribution in [0.4, 0.5) is 17.1 Å². The van der Waals surface area contributed by atoms with E-state index in [1.807, 2.05) is 31.1 Å². The van der Waals surface area contributed by atoms with Gasteiger partial charge in [0.15, 0.2) is 0 Å². The Hall–Kier alpha value is -4.53. The average Bonchev–Trinajstić information content (AvgIpc) is 3.12. The summed E-state index contributed by atoms with van der Waals surface area (Å²) in [6.07, 6.45) is 3.24. The zero-order valence-electron chi connectivity index (χ0n) is 20.3. The van der Waals surface area contributed by atoms with Crippen LogP contribution in [-0.2, 0) is 20.9 Å². The molecule has 0 bridgehead atoms. The lowest BCUT2D eigenvalue weighted by Gasteiger charge is -2.30. The van der Waals surface area contributed by atoms with Gasteiger partial charge in [-0.15, -0.1) is 0 Å². The van der Waals surface area contributed by atoms with Crippen LogP contribution in [0.15, 0.2) is 73.1 Å². The standard InChI is InChI=1S/C27H27N5O4/c1-18(26(35)29-20-10-12-21(13-11-20)30(2)3)31(16-19-7-6-14-28-15-19)24(33)17-32-23-9-5-4-8-22(23)25(34)27(32)36/h4-15,18H,16-17H2,1-3H3,(H,29,35)/t18-/m1/s1. The van der Waals surface area contributed by atoms with E-state index in [9.17, 15) is 19.2 Å². The Morgan fingerprint density at radius 3 is 2.39 bits per heavy atom. The molecule has 0 aliphatic carbocycles. The molecular formula is C27H27N5O4. The minimum Gasteiger partial charge on any atom is -0.378 e. The summed E-state index contributed by atoms with van der Waals surface area (Å²) >= 11 is 0. The maximum absolute atomic E-state index is 13.5. The van der Waals surface area contributed by atoms with Gasteiger partial charge in [0.05, 0.1) is 11.3 Å². The Morgan fingerprint density at radius 1 is 1.00 bits per heavy atom. The van der Waals surface area contributed by atoms with Crippen molar-refractivity contribution < 1.29 is 19.2 Å². The molecule has 0 fully saturated rings. The quantitative estimate of drug-likeness (QED) is 0.492. The first kappa shape index (κ1) is 24.6. The Labute approximate surface area is 209 Å². The number of hydrogen-bond acceptors (Lipinski definition) is 6. The van der Waals surface area contributed by atoms with E-state index in [4.69, 9.17) is 0 Å². The van der Waals surface area contributed by atoms with Gasteiger partial charge in [0, 0.05) is 44.4 Å². The van der Waals surface area contributed by atoms with Crippen molar-refractivity contribution in [2.45, 2.75) is 19.5 Å². The number of anilines is 3. The molecule has 2 aromatic carbocycles. The van der Waals surface area contributed by atoms with Crippen LogP contribution in [0, 0.1) is 0 Å². The van der Waals surface area contributed by atoms with E-state index in [0.717, 1.165) is 11.3 Å². The summed E-state index contributed by atoms with van der Waals surface area (Å²) in [5, 5.41) is 2.85. The van der Waals surface area contributed by atoms with Crippen molar-refractivity contribution >= 4 is 40.6 Å². The van der Waals surface area contributed by atoms with Gasteiger partial charge in [-0.2, -0.15) is 0 Å². The fourth-order valence-corrected chi connectivity index (χ4v) is 3.99. The molecule has 0 unspecified atom stereocenters. The number of fused-ring (bicyclic) bond motifs is 1. The largest absolute Gasteiger partial charge is 0.378 e. The maximum atomic E-state index is 13.5. The number of nitrogens with one attached hydrogen (secondary N) is 1. The van der Waals surface area contributed by atoms with Crippen molar-refractivity contribution in [1.29, 1.82) is 0 Å². The van der Waals surface area contributed by atoms with Gasteiger partial charge in [-0.05, 0) is 55.0 Å². The molecule has 1 atom stereocenters. The number of carbonyl (C=O) groups excluding carboxylic acids is 4. The number of ketones is 1. The van der Waals surface area contributed by atoms with Crippen LogP contribution < -0.4 is 15.1 Å². The first-order valence-electron chi connectivity index (χ1n) is 11.5. The van der Waals surface area contributed by atoms with Gasteiger partial charge in [0.1, 0.15) is 12.6 Å². The minimum atomic E-state index is -0.866. The Bertz CT molecular complexity index is 1290. The summed E-state index contributed by atoms with van der Waals surface area (Å²) in [6.45, 7) is 1.37. The van der Waals surface area contributed by atoms with Crippen LogP contribution in [0.25, 0.3) is 0 Å². The number of pyridine rings is 1. The van der Waals surface area contributed by atoms with Gasteiger partial charge in [0.2, 0.25) is 11.8 Å². The van der Waals surface area contributed by atoms with E-state index in [1.54, 1.807) is 67.8 Å². The molecule has 3 aromatic rings. The van der Waals surface area contributed by atoms with Crippen LogP contribution in [0.2, 0.25) is 0 Å². The van der Waals surface area contributed by atoms with Crippen LogP contribution in [-0.4, -0.2) is 60.1 Å². The van der Waals surface area contributed by atoms with Gasteiger partial charge in [0.25, 0.3) is 11.7 Å². The number of hydrogen-bond donors (Lipinski definition) is 1. The molecule has 36 heavy (non-hydrogen) atoms. The third-order valence-corrected chi connectivity index (χ3v) is 6.07. The topological polar surface area (TPSA) is 103 Å². The highest BCUT2D eigenvalue weighted by atomic mass is 16.2. The Kier molecular flexibility index (Phi) is 7.10. The number of rotatable bonds is 8. The molecule has 0 spiro atoms. The van der Waals surface area contributed by atoms with Crippen molar-refractivity contribution in [2.75, 3.05) is 35.8 Å². The third kappa shape index (κ3) is 5.10. The summed E-state index contributed by atoms with van der Waals surface area (Å²) in [5.74, 6) is -2.26. The van der Waals surface area contributed by atoms with E-state index >= 15 is 0 Å². The number of aromatic nitrogens is 1. The molecule has 9 heteroatoms. The Morgan fingerprint density at radius 2 is 1.72 bits per heavy atom. The molecule has 4 rings (SSSR count). The van der Waals surface area contributed by atoms with Crippen LogP contribution in [0.5, 0.6) is 0 Å². The lowest BCUT2D eigenvalue weighted by Crippen LogP contribution is -2.49. The second kappa shape index (κ2) is 10.4. The number of nitrogens with zero attached hydrogens (tertiary/aromatic N) is 4. The SMILES string of the molecule is C[C@H](C(=O)Nc1ccc(N(C)C)cc1)N(Cc1cccnc1)C(=O)CN1C(=O)C(=O)c2ccccc21. The zero-order chi connectivity index (χ0) is 25.8. The molecule has 0 saturated carbocycles. The van der Waals surface area contributed by atoms with Crippen molar-refractivity contribution in [3.05, 3.63) is 84.2 Å². The molecule has 0 radical (unpaired) electrons. The van der Waals surface area contributed by atoms with E-state index in [1.165, 1.54) is 9.80 Å². The smallest absolute Gasteiger partial charge is 0.299 e. The highest BCUT2D eigenvalue weighted by Gasteiger charge is 2.38. The molecule has 1 aliphatic rings. The Balaban J connectivity index is 1.55. The van der Waals surface area contributed by atoms with Crippen molar-refractivity contribution in [3.8, 4) is 0 Å². The molecule has 1 aliphatic heterocycles. The predicted molar refractivity (Wildman–Crippen MR) is 137 cm³/mol. The number of amides is 3. The highest BCUT2D eigenvalue weighted by Crippen LogP contribution is 2.28. The molecule has 0 saturated heterocycles. The first-order valence-corrected chi connectivity index (χ1v) is 11.5. The van der Waals surface area contributed by atoms with Crippen LogP contribution in [0.1, 0.15) is 22.8 Å². The first-order chi connectivity index (χ1) is 17.3. The molecular weight excluding hydrogens is 458 g/mol. The second-order valence-electron chi connectivity index (χ2n) is 8.73. The molecule has 9 nitrogen and oxygen atoms in total. The monoisotopic (exact) mass is 485 g/mol. The average molecular weight is 486 g/mol. The fraction of sp³-hybridized carbons (Fsp3) is 0.222. The number of para-hydroxylation sites is 1. The highest BCUT2D eigenvalue weighted by molar-refractivity contribution is 6.52. The number of Topliss-reactive ketones (excluding diaryl/α,β-unsaturated/α-hetero) is 1. The van der Waals surface area contributed by atoms with Crippen molar-refractivity contribution in [1.82, 2.24) is 9.88 Å². The van der Waals surface area contributed by atoms with E-state index in [2.05, 4.69) is 10.3 Å². The third-order valence-electron chi connectivity index (χ3n) is 6.07. The lowest BCUT2D eigenvalue weighted by molar-refractivity contribution is -0.138. The number of carbonyl (C=O) groups is 4. The van der Waals surface area contributed by atoms with Crippen molar-refractivity contribution in [3.63, 3.8) is 0 Å². The summed E-state index contributed by atoms with van der Waals surface area (Å²) in [4.78, 5) is 60.2. The summed E-state index contributed by atoms with van der Waals surface area (Å²) in [7, 11) is 3.85. The van der Waals surface area contributed by atoms with Gasteiger partial charge in [-0.25, -0.2) is 0 Å². The van der Waals surface area contributed by atoms with Crippen LogP contribution >= 0.6 is 0 Å². The zero-order valence-corrected chi connectivity index (χ0v) is 20.3. The lowest BCUT2D eigenvalue weighted by atomic mass is 10.1. The van der Waals surface area contributed by atoms with E-state index in [-0.39, 0.29) is 24.6 Å². The van der Waals surface area contributed by atoms with Crippen molar-refractivity contribution in [2.24, 2.45) is 0 Å². The summed E-state index contributed by atoms with van der Waals surface area (Å²) in [6, 6.07) is 16.6. The van der Waals surface area contributed by atoms with E-state index in [0.29, 0.717) is 11.4 Å². The predicted octanol–water partition coefficient (Wildman–Crippen LogP) is 2.73. The maximum Gasteiger partial charge on any atom is 0.299 e. The number of benzene rings is 2. The van der Waals surface area contributed by atoms with Crippen LogP contribution in [0.3, 0.4) is 0 Å². The molecule has 2 heterocycles. The summed E-state index contributed by atoms with van der Waals surface area (Å²) in [5.41, 5.74) is 2.96. The molecule has 184 valence electrons. The van der Waals surface area contributed by atoms with Gasteiger partial charge in [-0.3, -0.25) is 29.1 Å². The molecule has 1 aromatic heterocycles. The molecule has 1 N–H and O–H groups in total. The van der Waals surface area contributed by atoms with Gasteiger partial charge in [-0.1, -0.05) is 18.2 Å². The molecule has 3 amide bonds.